The molecule has 4 heteroatoms. The predicted molar refractivity (Wildman–Crippen MR) is 72.4 cm³/mol. The van der Waals surface area contributed by atoms with Crippen molar-refractivity contribution in [3.63, 3.8) is 0 Å². The van der Waals surface area contributed by atoms with Crippen molar-refractivity contribution in [2.45, 2.75) is 51.0 Å². The Labute approximate surface area is 113 Å². The summed E-state index contributed by atoms with van der Waals surface area (Å²) in [6.07, 6.45) is 8.04. The molecule has 1 aromatic carbocycles. The monoisotopic (exact) mass is 268 g/mol. The van der Waals surface area contributed by atoms with Gasteiger partial charge in [-0.15, -0.1) is 0 Å². The molecule has 1 aliphatic carbocycles. The smallest absolute Gasteiger partial charge is 0.159 e. The highest BCUT2D eigenvalue weighted by atomic mass is 19.2. The van der Waals surface area contributed by atoms with Crippen LogP contribution in [-0.2, 0) is 6.42 Å². The highest BCUT2D eigenvalue weighted by molar-refractivity contribution is 5.19. The molecule has 0 bridgehead atoms. The van der Waals surface area contributed by atoms with Gasteiger partial charge in [0.05, 0.1) is 0 Å². The molecule has 106 valence electrons. The van der Waals surface area contributed by atoms with Crippen LogP contribution in [0.1, 0.15) is 44.1 Å². The quantitative estimate of drug-likeness (QED) is 0.499. The Morgan fingerprint density at radius 1 is 1.11 bits per heavy atom. The van der Waals surface area contributed by atoms with E-state index in [2.05, 4.69) is 5.43 Å². The van der Waals surface area contributed by atoms with Gasteiger partial charge in [0.2, 0.25) is 0 Å². The van der Waals surface area contributed by atoms with E-state index >= 15 is 0 Å². The molecule has 0 amide bonds. The van der Waals surface area contributed by atoms with Crippen molar-refractivity contribution in [2.75, 3.05) is 0 Å². The number of hydrogen-bond donors (Lipinski definition) is 2. The summed E-state index contributed by atoms with van der Waals surface area (Å²) in [5, 5.41) is 0. The van der Waals surface area contributed by atoms with E-state index in [1.165, 1.54) is 50.7 Å². The number of nitrogens with two attached hydrogens (primary N) is 1. The van der Waals surface area contributed by atoms with Gasteiger partial charge in [-0.3, -0.25) is 11.3 Å². The second kappa shape index (κ2) is 6.96. The van der Waals surface area contributed by atoms with Crippen molar-refractivity contribution in [3.8, 4) is 0 Å². The molecular formula is C15H22F2N2. The van der Waals surface area contributed by atoms with Gasteiger partial charge in [0.15, 0.2) is 11.6 Å². The van der Waals surface area contributed by atoms with Gasteiger partial charge in [-0.2, -0.15) is 0 Å². The van der Waals surface area contributed by atoms with Crippen molar-refractivity contribution in [3.05, 3.63) is 35.4 Å². The van der Waals surface area contributed by atoms with Gasteiger partial charge in [0, 0.05) is 6.04 Å². The van der Waals surface area contributed by atoms with Gasteiger partial charge in [0.1, 0.15) is 0 Å². The van der Waals surface area contributed by atoms with Crippen molar-refractivity contribution in [1.29, 1.82) is 0 Å². The third-order valence-corrected chi connectivity index (χ3v) is 4.12. The zero-order valence-corrected chi connectivity index (χ0v) is 11.2. The van der Waals surface area contributed by atoms with Crippen LogP contribution in [0.15, 0.2) is 18.2 Å². The van der Waals surface area contributed by atoms with Crippen LogP contribution in [0.2, 0.25) is 0 Å². The van der Waals surface area contributed by atoms with E-state index in [1.54, 1.807) is 6.07 Å². The van der Waals surface area contributed by atoms with Crippen LogP contribution < -0.4 is 11.3 Å². The lowest BCUT2D eigenvalue weighted by atomic mass is 9.88. The molecule has 2 nitrogen and oxygen atoms in total. The average Bonchev–Trinajstić information content (AvgIpc) is 2.69. The summed E-state index contributed by atoms with van der Waals surface area (Å²) in [5.41, 5.74) is 3.66. The van der Waals surface area contributed by atoms with E-state index < -0.39 is 11.6 Å². The highest BCUT2D eigenvalue weighted by Crippen LogP contribution is 2.27. The summed E-state index contributed by atoms with van der Waals surface area (Å²) in [6, 6.07) is 4.24. The van der Waals surface area contributed by atoms with Gasteiger partial charge < -0.3 is 0 Å². The molecule has 3 N–H and O–H groups in total. The fourth-order valence-electron chi connectivity index (χ4n) is 3.00. The molecule has 0 aliphatic heterocycles. The zero-order valence-electron chi connectivity index (χ0n) is 11.2. The minimum absolute atomic E-state index is 0.142. The summed E-state index contributed by atoms with van der Waals surface area (Å²) in [6.45, 7) is 0. The standard InChI is InChI=1S/C15H22F2N2/c16-13-8-7-11(9-14(13)17)10-15(19-18)12-5-3-1-2-4-6-12/h7-9,12,15,19H,1-6,10,18H2. The molecule has 0 saturated heterocycles. The van der Waals surface area contributed by atoms with Crippen molar-refractivity contribution >= 4 is 0 Å². The van der Waals surface area contributed by atoms with E-state index in [0.717, 1.165) is 5.56 Å². The number of nitrogens with one attached hydrogen (secondary N) is 1. The molecule has 1 aromatic rings. The van der Waals surface area contributed by atoms with Crippen LogP contribution >= 0.6 is 0 Å². The second-order valence-electron chi connectivity index (χ2n) is 5.48. The van der Waals surface area contributed by atoms with E-state index in [4.69, 9.17) is 5.84 Å². The molecule has 1 atom stereocenters. The number of hydrogen-bond acceptors (Lipinski definition) is 2. The van der Waals surface area contributed by atoms with E-state index in [1.807, 2.05) is 0 Å². The Hall–Kier alpha value is -1.00. The van der Waals surface area contributed by atoms with Gasteiger partial charge >= 0.3 is 0 Å². The Balaban J connectivity index is 2.02. The van der Waals surface area contributed by atoms with E-state index in [-0.39, 0.29) is 6.04 Å². The fourth-order valence-corrected chi connectivity index (χ4v) is 3.00. The molecule has 1 aliphatic rings. The number of rotatable bonds is 4. The third kappa shape index (κ3) is 3.98. The molecule has 1 fully saturated rings. The summed E-state index contributed by atoms with van der Waals surface area (Å²) in [7, 11) is 0. The van der Waals surface area contributed by atoms with Crippen LogP contribution in [0, 0.1) is 17.6 Å². The molecule has 19 heavy (non-hydrogen) atoms. The highest BCUT2D eigenvalue weighted by Gasteiger charge is 2.22. The summed E-state index contributed by atoms with van der Waals surface area (Å²) < 4.78 is 26.1. The van der Waals surface area contributed by atoms with Gasteiger partial charge in [-0.05, 0) is 42.9 Å². The fraction of sp³-hybridized carbons (Fsp3) is 0.600. The maximum absolute atomic E-state index is 13.2. The average molecular weight is 268 g/mol. The molecule has 1 unspecified atom stereocenters. The molecule has 1 saturated carbocycles. The number of hydrazine groups is 1. The molecule has 0 aromatic heterocycles. The zero-order chi connectivity index (χ0) is 13.7. The summed E-state index contributed by atoms with van der Waals surface area (Å²) in [4.78, 5) is 0. The molecule has 0 radical (unpaired) electrons. The van der Waals surface area contributed by atoms with E-state index in [9.17, 15) is 8.78 Å². The van der Waals surface area contributed by atoms with Gasteiger partial charge in [-0.25, -0.2) is 8.78 Å². The Bertz CT molecular complexity index is 401. The van der Waals surface area contributed by atoms with E-state index in [0.29, 0.717) is 12.3 Å². The maximum atomic E-state index is 13.2. The first-order valence-electron chi connectivity index (χ1n) is 7.10. The normalized spacial score (nSPS) is 19.1. The summed E-state index contributed by atoms with van der Waals surface area (Å²) >= 11 is 0. The summed E-state index contributed by atoms with van der Waals surface area (Å²) in [5.74, 6) is 4.60. The van der Waals surface area contributed by atoms with Crippen LogP contribution in [-0.4, -0.2) is 6.04 Å². The van der Waals surface area contributed by atoms with Crippen LogP contribution in [0.25, 0.3) is 0 Å². The second-order valence-corrected chi connectivity index (χ2v) is 5.48. The first-order valence-corrected chi connectivity index (χ1v) is 7.10. The molecule has 0 spiro atoms. The Morgan fingerprint density at radius 2 is 1.79 bits per heavy atom. The van der Waals surface area contributed by atoms with Crippen molar-refractivity contribution < 1.29 is 8.78 Å². The van der Waals surface area contributed by atoms with Crippen molar-refractivity contribution in [2.24, 2.45) is 11.8 Å². The van der Waals surface area contributed by atoms with Crippen LogP contribution in [0.5, 0.6) is 0 Å². The van der Waals surface area contributed by atoms with Gasteiger partial charge in [0.25, 0.3) is 0 Å². The lowest BCUT2D eigenvalue weighted by molar-refractivity contribution is 0.320. The number of halogens is 2. The largest absolute Gasteiger partial charge is 0.271 e. The first-order chi connectivity index (χ1) is 9.20. The maximum Gasteiger partial charge on any atom is 0.159 e. The lowest BCUT2D eigenvalue weighted by Gasteiger charge is -2.25. The predicted octanol–water partition coefficient (Wildman–Crippen LogP) is 3.31. The molecular weight excluding hydrogens is 246 g/mol. The number of benzene rings is 1. The van der Waals surface area contributed by atoms with Crippen LogP contribution in [0.3, 0.4) is 0 Å². The third-order valence-electron chi connectivity index (χ3n) is 4.12. The van der Waals surface area contributed by atoms with Crippen molar-refractivity contribution in [1.82, 2.24) is 5.43 Å². The van der Waals surface area contributed by atoms with Crippen LogP contribution in [0.4, 0.5) is 8.78 Å². The SMILES string of the molecule is NNC(Cc1ccc(F)c(F)c1)C1CCCCCC1. The molecule has 0 heterocycles. The van der Waals surface area contributed by atoms with Gasteiger partial charge in [-0.1, -0.05) is 31.7 Å². The lowest BCUT2D eigenvalue weighted by Crippen LogP contribution is -2.42. The minimum Gasteiger partial charge on any atom is -0.271 e. The Kier molecular flexibility index (Phi) is 5.28. The first kappa shape index (κ1) is 14.4. The minimum atomic E-state index is -0.796. The topological polar surface area (TPSA) is 38.0 Å². The molecule has 2 rings (SSSR count). The Morgan fingerprint density at radius 3 is 2.37 bits per heavy atom.